The highest BCUT2D eigenvalue weighted by atomic mass is 14.7. The molecule has 4 heterocycles. The number of fused-ring (bicyclic) bond motifs is 4. The standard InChI is InChI=1S/C44H36N4/c1-5-13-37-29(9-1)17-21-45-41(37)33-25-34(42-38-14-6-2-10-30(38)18-22-46-42)27-36(44-40-16-8-4-12-32(40)20-24-48-44)28-35(26-33)43-39-15-7-3-11-31(39)19-23-47-43/h1-24,33-36H,25-28H2. The molecule has 0 unspecified atom stereocenters. The van der Waals surface area contributed by atoms with Crippen LogP contribution < -0.4 is 0 Å². The molecule has 48 heavy (non-hydrogen) atoms. The van der Waals surface area contributed by atoms with Crippen molar-refractivity contribution in [2.75, 3.05) is 0 Å². The second-order valence-corrected chi connectivity index (χ2v) is 13.4. The molecule has 4 aromatic carbocycles. The first-order valence-electron chi connectivity index (χ1n) is 17.1. The number of benzene rings is 4. The minimum Gasteiger partial charge on any atom is -0.260 e. The van der Waals surface area contributed by atoms with Crippen molar-refractivity contribution in [2.24, 2.45) is 0 Å². The third-order valence-electron chi connectivity index (χ3n) is 10.6. The summed E-state index contributed by atoms with van der Waals surface area (Å²) in [7, 11) is 0. The van der Waals surface area contributed by atoms with Gasteiger partial charge in [0.25, 0.3) is 0 Å². The molecule has 9 rings (SSSR count). The molecule has 0 N–H and O–H groups in total. The topological polar surface area (TPSA) is 51.6 Å². The average Bonchev–Trinajstić information content (AvgIpc) is 3.14. The summed E-state index contributed by atoms with van der Waals surface area (Å²) in [6.07, 6.45) is 11.8. The summed E-state index contributed by atoms with van der Waals surface area (Å²) in [5.74, 6) is 0.867. The van der Waals surface area contributed by atoms with E-state index in [1.165, 1.54) is 65.9 Å². The molecule has 0 aliphatic heterocycles. The zero-order valence-electron chi connectivity index (χ0n) is 26.8. The summed E-state index contributed by atoms with van der Waals surface area (Å²) in [5.41, 5.74) is 4.74. The van der Waals surface area contributed by atoms with Crippen LogP contribution in [0.2, 0.25) is 0 Å². The zero-order valence-corrected chi connectivity index (χ0v) is 26.8. The molecule has 4 heteroatoms. The fraction of sp³-hybridized carbons (Fsp3) is 0.182. The highest BCUT2D eigenvalue weighted by Crippen LogP contribution is 2.50. The summed E-state index contributed by atoms with van der Waals surface area (Å²) in [5, 5.41) is 9.92. The minimum absolute atomic E-state index is 0.217. The fourth-order valence-corrected chi connectivity index (χ4v) is 8.53. The Morgan fingerprint density at radius 1 is 0.292 bits per heavy atom. The Hall–Kier alpha value is -5.48. The maximum atomic E-state index is 5.15. The lowest BCUT2D eigenvalue weighted by atomic mass is 9.70. The average molecular weight is 621 g/mol. The van der Waals surface area contributed by atoms with Gasteiger partial charge in [-0.1, -0.05) is 97.1 Å². The molecular weight excluding hydrogens is 585 g/mol. The van der Waals surface area contributed by atoms with Crippen molar-refractivity contribution in [3.63, 3.8) is 0 Å². The molecule has 0 spiro atoms. The van der Waals surface area contributed by atoms with Crippen LogP contribution in [0.15, 0.2) is 146 Å². The van der Waals surface area contributed by atoms with Crippen molar-refractivity contribution < 1.29 is 0 Å². The molecule has 4 nitrogen and oxygen atoms in total. The van der Waals surface area contributed by atoms with E-state index in [9.17, 15) is 0 Å². The lowest BCUT2D eigenvalue weighted by molar-refractivity contribution is 0.343. The first-order valence-corrected chi connectivity index (χ1v) is 17.1. The zero-order chi connectivity index (χ0) is 31.9. The summed E-state index contributed by atoms with van der Waals surface area (Å²) < 4.78 is 0. The van der Waals surface area contributed by atoms with Crippen LogP contribution >= 0.6 is 0 Å². The van der Waals surface area contributed by atoms with Crippen molar-refractivity contribution in [2.45, 2.75) is 49.4 Å². The van der Waals surface area contributed by atoms with Gasteiger partial charge in [0.05, 0.1) is 22.8 Å². The van der Waals surface area contributed by atoms with Crippen LogP contribution in [0.3, 0.4) is 0 Å². The van der Waals surface area contributed by atoms with E-state index in [0.29, 0.717) is 0 Å². The van der Waals surface area contributed by atoms with Gasteiger partial charge in [-0.25, -0.2) is 0 Å². The summed E-state index contributed by atoms with van der Waals surface area (Å²) in [6.45, 7) is 0. The fourth-order valence-electron chi connectivity index (χ4n) is 8.53. The lowest BCUT2D eigenvalue weighted by Gasteiger charge is -2.35. The number of nitrogens with zero attached hydrogens (tertiary/aromatic N) is 4. The van der Waals surface area contributed by atoms with E-state index >= 15 is 0 Å². The first kappa shape index (κ1) is 28.7. The van der Waals surface area contributed by atoms with Gasteiger partial charge in [0, 0.05) is 70.0 Å². The Bertz CT molecular complexity index is 2050. The molecule has 1 fully saturated rings. The maximum Gasteiger partial charge on any atom is 0.0513 e. The van der Waals surface area contributed by atoms with Crippen molar-refractivity contribution in [3.8, 4) is 0 Å². The van der Waals surface area contributed by atoms with E-state index in [0.717, 1.165) is 25.7 Å². The summed E-state index contributed by atoms with van der Waals surface area (Å²) >= 11 is 0. The van der Waals surface area contributed by atoms with Gasteiger partial charge in [0.15, 0.2) is 0 Å². The van der Waals surface area contributed by atoms with Gasteiger partial charge in [-0.3, -0.25) is 19.9 Å². The number of rotatable bonds is 4. The molecule has 0 radical (unpaired) electrons. The van der Waals surface area contributed by atoms with E-state index < -0.39 is 0 Å². The van der Waals surface area contributed by atoms with E-state index in [2.05, 4.69) is 121 Å². The number of pyridine rings is 4. The monoisotopic (exact) mass is 620 g/mol. The van der Waals surface area contributed by atoms with Crippen LogP contribution in [0.5, 0.6) is 0 Å². The predicted molar refractivity (Wildman–Crippen MR) is 196 cm³/mol. The SMILES string of the molecule is c1ccc2c(C3CC(c4nccc5ccccc45)CC(c4nccc5ccccc45)CC(c4nccc5ccccc45)C3)nccc2c1. The van der Waals surface area contributed by atoms with Crippen molar-refractivity contribution in [1.29, 1.82) is 0 Å². The Labute approximate surface area is 280 Å². The van der Waals surface area contributed by atoms with Gasteiger partial charge in [-0.15, -0.1) is 0 Å². The Morgan fingerprint density at radius 3 is 0.771 bits per heavy atom. The first-order chi connectivity index (χ1) is 23.8. The number of hydrogen-bond acceptors (Lipinski definition) is 4. The third-order valence-corrected chi connectivity index (χ3v) is 10.6. The van der Waals surface area contributed by atoms with Crippen LogP contribution in [0.4, 0.5) is 0 Å². The molecule has 4 aromatic heterocycles. The van der Waals surface area contributed by atoms with Gasteiger partial charge in [0.2, 0.25) is 0 Å². The molecule has 8 aromatic rings. The third kappa shape index (κ3) is 5.18. The van der Waals surface area contributed by atoms with Crippen LogP contribution in [-0.4, -0.2) is 19.9 Å². The normalized spacial score (nSPS) is 20.2. The Morgan fingerprint density at radius 2 is 0.521 bits per heavy atom. The van der Waals surface area contributed by atoms with Crippen molar-refractivity contribution >= 4 is 43.1 Å². The Kier molecular flexibility index (Phi) is 7.34. The molecule has 232 valence electrons. The van der Waals surface area contributed by atoms with Gasteiger partial charge < -0.3 is 0 Å². The van der Waals surface area contributed by atoms with Gasteiger partial charge in [0.1, 0.15) is 0 Å². The van der Waals surface area contributed by atoms with Gasteiger partial charge in [-0.05, 0) is 71.5 Å². The molecule has 1 aliphatic rings. The quantitative estimate of drug-likeness (QED) is 0.196. The smallest absolute Gasteiger partial charge is 0.0513 e. The number of hydrogen-bond donors (Lipinski definition) is 0. The van der Waals surface area contributed by atoms with E-state index in [4.69, 9.17) is 19.9 Å². The minimum atomic E-state index is 0.217. The molecule has 0 saturated heterocycles. The van der Waals surface area contributed by atoms with Crippen molar-refractivity contribution in [3.05, 3.63) is 169 Å². The van der Waals surface area contributed by atoms with Crippen LogP contribution in [0.1, 0.15) is 72.1 Å². The largest absolute Gasteiger partial charge is 0.260 e. The van der Waals surface area contributed by atoms with E-state index in [-0.39, 0.29) is 23.7 Å². The van der Waals surface area contributed by atoms with Crippen LogP contribution in [0.25, 0.3) is 43.1 Å². The maximum absolute atomic E-state index is 5.15. The summed E-state index contributed by atoms with van der Waals surface area (Å²) in [6, 6.07) is 43.4. The van der Waals surface area contributed by atoms with Gasteiger partial charge in [-0.2, -0.15) is 0 Å². The van der Waals surface area contributed by atoms with Crippen LogP contribution in [-0.2, 0) is 0 Å². The molecule has 0 bridgehead atoms. The second kappa shape index (κ2) is 12.3. The predicted octanol–water partition coefficient (Wildman–Crippen LogP) is 10.9. The molecule has 1 saturated carbocycles. The second-order valence-electron chi connectivity index (χ2n) is 13.4. The van der Waals surface area contributed by atoms with Gasteiger partial charge >= 0.3 is 0 Å². The van der Waals surface area contributed by atoms with E-state index in [1.807, 2.05) is 24.8 Å². The highest BCUT2D eigenvalue weighted by molar-refractivity contribution is 5.87. The molecule has 0 atom stereocenters. The lowest BCUT2D eigenvalue weighted by Crippen LogP contribution is -2.22. The molecule has 0 amide bonds. The summed E-state index contributed by atoms with van der Waals surface area (Å²) in [4.78, 5) is 20.6. The molecule has 1 aliphatic carbocycles. The highest BCUT2D eigenvalue weighted by Gasteiger charge is 2.36. The van der Waals surface area contributed by atoms with Crippen LogP contribution in [0, 0.1) is 0 Å². The van der Waals surface area contributed by atoms with Crippen molar-refractivity contribution in [1.82, 2.24) is 19.9 Å². The van der Waals surface area contributed by atoms with E-state index in [1.54, 1.807) is 0 Å². The molecular formula is C44H36N4. The number of aromatic nitrogens is 4. The Balaban J connectivity index is 1.26.